The molecule has 1 amide bonds. The molecule has 0 aliphatic heterocycles. The Kier molecular flexibility index (Phi) is 5.48. The quantitative estimate of drug-likeness (QED) is 0.841. The smallest absolute Gasteiger partial charge is 0.252 e. The Hall–Kier alpha value is -1.71. The first-order chi connectivity index (χ1) is 10.1. The number of carbonyl (C=O) groups excluding carboxylic acids is 1. The van der Waals surface area contributed by atoms with E-state index in [2.05, 4.69) is 5.32 Å². The van der Waals surface area contributed by atoms with Crippen LogP contribution in [0.15, 0.2) is 42.5 Å². The molecular formula is C16H15Cl2NO2. The maximum absolute atomic E-state index is 11.9. The minimum Gasteiger partial charge on any atom is -0.492 e. The summed E-state index contributed by atoms with van der Waals surface area (Å²) in [5, 5.41) is 3.58. The number of benzene rings is 2. The molecule has 0 heterocycles. The largest absolute Gasteiger partial charge is 0.492 e. The van der Waals surface area contributed by atoms with Crippen LogP contribution in [-0.4, -0.2) is 19.1 Å². The molecule has 0 spiro atoms. The van der Waals surface area contributed by atoms with Gasteiger partial charge in [-0.1, -0.05) is 35.3 Å². The minimum absolute atomic E-state index is 0.246. The Balaban J connectivity index is 1.82. The molecular weight excluding hydrogens is 309 g/mol. The maximum atomic E-state index is 11.9. The van der Waals surface area contributed by atoms with Crippen molar-refractivity contribution in [3.05, 3.63) is 63.6 Å². The number of hydrogen-bond acceptors (Lipinski definition) is 2. The van der Waals surface area contributed by atoms with Crippen molar-refractivity contribution in [1.82, 2.24) is 5.32 Å². The topological polar surface area (TPSA) is 38.3 Å². The summed E-state index contributed by atoms with van der Waals surface area (Å²) in [5.41, 5.74) is 1.53. The van der Waals surface area contributed by atoms with Gasteiger partial charge in [-0.2, -0.15) is 0 Å². The Morgan fingerprint density at radius 1 is 1.19 bits per heavy atom. The molecule has 0 bridgehead atoms. The van der Waals surface area contributed by atoms with Gasteiger partial charge in [-0.25, -0.2) is 0 Å². The molecule has 1 N–H and O–H groups in total. The maximum Gasteiger partial charge on any atom is 0.252 e. The van der Waals surface area contributed by atoms with E-state index in [1.807, 2.05) is 31.2 Å². The molecule has 0 unspecified atom stereocenters. The van der Waals surface area contributed by atoms with Gasteiger partial charge in [-0.15, -0.1) is 0 Å². The predicted molar refractivity (Wildman–Crippen MR) is 85.5 cm³/mol. The average molecular weight is 324 g/mol. The van der Waals surface area contributed by atoms with Crippen LogP contribution in [0.1, 0.15) is 15.9 Å². The third-order valence-corrected chi connectivity index (χ3v) is 3.37. The number of amides is 1. The Morgan fingerprint density at radius 3 is 2.71 bits per heavy atom. The number of nitrogens with one attached hydrogen (secondary N) is 1. The zero-order chi connectivity index (χ0) is 15.2. The van der Waals surface area contributed by atoms with Gasteiger partial charge in [-0.3, -0.25) is 4.79 Å². The predicted octanol–water partition coefficient (Wildman–Crippen LogP) is 4.11. The number of ether oxygens (including phenoxy) is 1. The van der Waals surface area contributed by atoms with Crippen molar-refractivity contribution in [3.8, 4) is 5.75 Å². The van der Waals surface area contributed by atoms with Gasteiger partial charge >= 0.3 is 0 Å². The lowest BCUT2D eigenvalue weighted by molar-refractivity contribution is 0.0947. The Bertz CT molecular complexity index is 644. The third kappa shape index (κ3) is 4.66. The van der Waals surface area contributed by atoms with Crippen molar-refractivity contribution >= 4 is 29.1 Å². The fourth-order valence-electron chi connectivity index (χ4n) is 1.81. The molecule has 21 heavy (non-hydrogen) atoms. The van der Waals surface area contributed by atoms with Crippen LogP contribution >= 0.6 is 23.2 Å². The molecule has 110 valence electrons. The van der Waals surface area contributed by atoms with E-state index < -0.39 is 0 Å². The lowest BCUT2D eigenvalue weighted by Crippen LogP contribution is -2.28. The van der Waals surface area contributed by atoms with Crippen LogP contribution in [0.4, 0.5) is 0 Å². The van der Waals surface area contributed by atoms with Gasteiger partial charge in [0.05, 0.1) is 17.1 Å². The van der Waals surface area contributed by atoms with E-state index in [1.165, 1.54) is 0 Å². The van der Waals surface area contributed by atoms with Crippen LogP contribution in [0.2, 0.25) is 10.0 Å². The van der Waals surface area contributed by atoms with Crippen LogP contribution in [0.5, 0.6) is 5.75 Å². The normalized spacial score (nSPS) is 10.2. The molecule has 0 aromatic heterocycles. The molecule has 2 rings (SSSR count). The zero-order valence-electron chi connectivity index (χ0n) is 11.5. The number of rotatable bonds is 5. The molecule has 5 heteroatoms. The fraction of sp³-hybridized carbons (Fsp3) is 0.188. The van der Waals surface area contributed by atoms with Gasteiger partial charge in [0, 0.05) is 5.02 Å². The summed E-state index contributed by atoms with van der Waals surface area (Å²) < 4.78 is 5.55. The molecule has 2 aromatic carbocycles. The molecule has 0 atom stereocenters. The summed E-state index contributed by atoms with van der Waals surface area (Å²) in [7, 11) is 0. The average Bonchev–Trinajstić information content (AvgIpc) is 2.43. The van der Waals surface area contributed by atoms with E-state index in [1.54, 1.807) is 18.2 Å². The fourth-order valence-corrected chi connectivity index (χ4v) is 2.30. The minimum atomic E-state index is -0.246. The lowest BCUT2D eigenvalue weighted by Gasteiger charge is -2.09. The second-order valence-electron chi connectivity index (χ2n) is 4.55. The van der Waals surface area contributed by atoms with Gasteiger partial charge in [0.25, 0.3) is 5.91 Å². The van der Waals surface area contributed by atoms with Crippen molar-refractivity contribution in [2.45, 2.75) is 6.92 Å². The highest BCUT2D eigenvalue weighted by atomic mass is 35.5. The van der Waals surface area contributed by atoms with Crippen molar-refractivity contribution in [1.29, 1.82) is 0 Å². The summed E-state index contributed by atoms with van der Waals surface area (Å²) in [4.78, 5) is 11.9. The summed E-state index contributed by atoms with van der Waals surface area (Å²) in [6.45, 7) is 2.78. The number of carbonyl (C=O) groups is 1. The third-order valence-electron chi connectivity index (χ3n) is 2.82. The summed E-state index contributed by atoms with van der Waals surface area (Å²) in [5.74, 6) is 0.540. The van der Waals surface area contributed by atoms with Crippen LogP contribution in [0.25, 0.3) is 0 Å². The molecule has 0 fully saturated rings. The van der Waals surface area contributed by atoms with Crippen molar-refractivity contribution in [2.24, 2.45) is 0 Å². The van der Waals surface area contributed by atoms with Crippen molar-refractivity contribution < 1.29 is 9.53 Å². The standard InChI is InChI=1S/C16H15Cl2NO2/c1-11-3-2-4-13(9-11)21-8-7-19-16(20)14-6-5-12(17)10-15(14)18/h2-6,9-10H,7-8H2,1H3,(H,19,20). The molecule has 2 aromatic rings. The summed E-state index contributed by atoms with van der Waals surface area (Å²) >= 11 is 11.8. The molecule has 0 saturated heterocycles. The first kappa shape index (κ1) is 15.7. The van der Waals surface area contributed by atoms with E-state index in [9.17, 15) is 4.79 Å². The van der Waals surface area contributed by atoms with E-state index >= 15 is 0 Å². The second kappa shape index (κ2) is 7.34. The van der Waals surface area contributed by atoms with E-state index in [4.69, 9.17) is 27.9 Å². The molecule has 3 nitrogen and oxygen atoms in total. The number of aryl methyl sites for hydroxylation is 1. The Labute approximate surface area is 133 Å². The molecule has 0 radical (unpaired) electrons. The van der Waals surface area contributed by atoms with Crippen molar-refractivity contribution in [2.75, 3.05) is 13.2 Å². The van der Waals surface area contributed by atoms with Crippen LogP contribution in [0, 0.1) is 6.92 Å². The van der Waals surface area contributed by atoms with Gasteiger partial charge in [0.15, 0.2) is 0 Å². The highest BCUT2D eigenvalue weighted by Crippen LogP contribution is 2.20. The second-order valence-corrected chi connectivity index (χ2v) is 5.39. The first-order valence-corrected chi connectivity index (χ1v) is 7.24. The molecule has 0 aliphatic rings. The van der Waals surface area contributed by atoms with E-state index in [-0.39, 0.29) is 5.91 Å². The van der Waals surface area contributed by atoms with E-state index in [0.717, 1.165) is 11.3 Å². The zero-order valence-corrected chi connectivity index (χ0v) is 13.0. The lowest BCUT2D eigenvalue weighted by atomic mass is 10.2. The Morgan fingerprint density at radius 2 is 2.00 bits per heavy atom. The monoisotopic (exact) mass is 323 g/mol. The summed E-state index contributed by atoms with van der Waals surface area (Å²) in [6.07, 6.45) is 0. The van der Waals surface area contributed by atoms with Gasteiger partial charge in [-0.05, 0) is 42.8 Å². The highest BCUT2D eigenvalue weighted by molar-refractivity contribution is 6.36. The van der Waals surface area contributed by atoms with Crippen LogP contribution in [-0.2, 0) is 0 Å². The van der Waals surface area contributed by atoms with E-state index in [0.29, 0.717) is 28.8 Å². The SMILES string of the molecule is Cc1cccc(OCCNC(=O)c2ccc(Cl)cc2Cl)c1. The number of halogens is 2. The van der Waals surface area contributed by atoms with Gasteiger partial charge in [0.2, 0.25) is 0 Å². The highest BCUT2D eigenvalue weighted by Gasteiger charge is 2.09. The van der Waals surface area contributed by atoms with Crippen molar-refractivity contribution in [3.63, 3.8) is 0 Å². The van der Waals surface area contributed by atoms with Gasteiger partial charge in [0.1, 0.15) is 12.4 Å². The number of hydrogen-bond donors (Lipinski definition) is 1. The molecule has 0 aliphatic carbocycles. The first-order valence-electron chi connectivity index (χ1n) is 6.49. The molecule has 0 saturated carbocycles. The van der Waals surface area contributed by atoms with Crippen LogP contribution < -0.4 is 10.1 Å². The van der Waals surface area contributed by atoms with Crippen LogP contribution in [0.3, 0.4) is 0 Å². The van der Waals surface area contributed by atoms with Gasteiger partial charge < -0.3 is 10.1 Å². The summed E-state index contributed by atoms with van der Waals surface area (Å²) in [6, 6.07) is 12.5.